The predicted octanol–water partition coefficient (Wildman–Crippen LogP) is 2.51. The number of amides is 1. The van der Waals surface area contributed by atoms with Gasteiger partial charge < -0.3 is 10.1 Å². The van der Waals surface area contributed by atoms with Gasteiger partial charge in [0, 0.05) is 6.54 Å². The molecular weight excluding hydrogens is 221 g/mol. The molecule has 1 amide bonds. The number of carbonyl (C=O) groups is 1. The molecule has 1 rings (SSSR count). The largest absolute Gasteiger partial charge is 0.478 e. The van der Waals surface area contributed by atoms with E-state index in [9.17, 15) is 9.18 Å². The zero-order valence-corrected chi connectivity index (χ0v) is 10.2. The van der Waals surface area contributed by atoms with Crippen LogP contribution in [0.1, 0.15) is 26.7 Å². The number of halogens is 1. The zero-order valence-electron chi connectivity index (χ0n) is 10.2. The highest BCUT2D eigenvalue weighted by Crippen LogP contribution is 2.18. The Balaban J connectivity index is 2.63. The van der Waals surface area contributed by atoms with Gasteiger partial charge in [0.1, 0.15) is 0 Å². The summed E-state index contributed by atoms with van der Waals surface area (Å²) in [4.78, 5) is 11.7. The number of ether oxygens (including phenoxy) is 1. The summed E-state index contributed by atoms with van der Waals surface area (Å²) >= 11 is 0. The topological polar surface area (TPSA) is 38.3 Å². The zero-order chi connectivity index (χ0) is 12.7. The molecule has 3 nitrogen and oxygen atoms in total. The third kappa shape index (κ3) is 4.06. The second-order valence-corrected chi connectivity index (χ2v) is 3.74. The molecule has 0 saturated heterocycles. The van der Waals surface area contributed by atoms with Gasteiger partial charge in [-0.05, 0) is 25.0 Å². The van der Waals surface area contributed by atoms with Crippen molar-refractivity contribution in [2.24, 2.45) is 0 Å². The molecule has 0 heterocycles. The van der Waals surface area contributed by atoms with Crippen molar-refractivity contribution < 1.29 is 13.9 Å². The van der Waals surface area contributed by atoms with Crippen molar-refractivity contribution in [2.45, 2.75) is 32.8 Å². The van der Waals surface area contributed by atoms with E-state index in [2.05, 4.69) is 5.32 Å². The Morgan fingerprint density at radius 3 is 2.71 bits per heavy atom. The van der Waals surface area contributed by atoms with E-state index in [4.69, 9.17) is 4.74 Å². The van der Waals surface area contributed by atoms with Crippen molar-refractivity contribution in [1.29, 1.82) is 0 Å². The van der Waals surface area contributed by atoms with E-state index in [-0.39, 0.29) is 11.7 Å². The van der Waals surface area contributed by atoms with Gasteiger partial charge in [0.2, 0.25) is 0 Å². The van der Waals surface area contributed by atoms with Crippen LogP contribution in [0.15, 0.2) is 24.3 Å². The Morgan fingerprint density at radius 2 is 2.12 bits per heavy atom. The maximum Gasteiger partial charge on any atom is 0.261 e. The average Bonchev–Trinajstić information content (AvgIpc) is 2.35. The summed E-state index contributed by atoms with van der Waals surface area (Å²) in [7, 11) is 0. The van der Waals surface area contributed by atoms with Crippen molar-refractivity contribution in [2.75, 3.05) is 6.54 Å². The molecule has 0 aliphatic rings. The molecule has 0 aliphatic heterocycles. The van der Waals surface area contributed by atoms with Crippen molar-refractivity contribution >= 4 is 5.91 Å². The van der Waals surface area contributed by atoms with Crippen LogP contribution >= 0.6 is 0 Å². The lowest BCUT2D eigenvalue weighted by Crippen LogP contribution is -2.38. The lowest BCUT2D eigenvalue weighted by molar-refractivity contribution is -0.128. The van der Waals surface area contributed by atoms with Gasteiger partial charge in [0.25, 0.3) is 5.91 Å². The van der Waals surface area contributed by atoms with Crippen molar-refractivity contribution in [3.05, 3.63) is 30.1 Å². The van der Waals surface area contributed by atoms with E-state index < -0.39 is 11.9 Å². The first-order valence-corrected chi connectivity index (χ1v) is 5.87. The minimum atomic E-state index is -0.640. The molecule has 0 aromatic heterocycles. The second-order valence-electron chi connectivity index (χ2n) is 3.74. The van der Waals surface area contributed by atoms with Crippen molar-refractivity contribution in [1.82, 2.24) is 5.32 Å². The number of hydrogen-bond donors (Lipinski definition) is 1. The SMILES string of the molecule is CCCNC(=O)[C@H](CC)Oc1ccccc1F. The molecule has 0 radical (unpaired) electrons. The van der Waals surface area contributed by atoms with Crippen molar-refractivity contribution in [3.8, 4) is 5.75 Å². The summed E-state index contributed by atoms with van der Waals surface area (Å²) < 4.78 is 18.7. The number of carbonyl (C=O) groups excluding carboxylic acids is 1. The summed E-state index contributed by atoms with van der Waals surface area (Å²) in [5.74, 6) is -0.530. The number of benzene rings is 1. The first-order chi connectivity index (χ1) is 8.19. The van der Waals surface area contributed by atoms with E-state index in [0.717, 1.165) is 6.42 Å². The number of nitrogens with one attached hydrogen (secondary N) is 1. The highest BCUT2D eigenvalue weighted by Gasteiger charge is 2.18. The first kappa shape index (κ1) is 13.5. The summed E-state index contributed by atoms with van der Waals surface area (Å²) in [6.45, 7) is 4.41. The number of rotatable bonds is 6. The third-order valence-corrected chi connectivity index (χ3v) is 2.32. The predicted molar refractivity (Wildman–Crippen MR) is 64.4 cm³/mol. The van der Waals surface area contributed by atoms with Gasteiger partial charge in [-0.25, -0.2) is 4.39 Å². The van der Waals surface area contributed by atoms with Crippen LogP contribution in [0.4, 0.5) is 4.39 Å². The van der Waals surface area contributed by atoms with Crippen LogP contribution in [0.25, 0.3) is 0 Å². The summed E-state index contributed by atoms with van der Waals surface area (Å²) in [5, 5.41) is 2.74. The Hall–Kier alpha value is -1.58. The Bertz CT molecular complexity index is 368. The minimum Gasteiger partial charge on any atom is -0.478 e. The lowest BCUT2D eigenvalue weighted by atomic mass is 10.2. The Kier molecular flexibility index (Phi) is 5.46. The van der Waals surface area contributed by atoms with Gasteiger partial charge in [0.15, 0.2) is 17.7 Å². The van der Waals surface area contributed by atoms with E-state index in [1.165, 1.54) is 12.1 Å². The molecule has 94 valence electrons. The van der Waals surface area contributed by atoms with Crippen LogP contribution in [-0.2, 0) is 4.79 Å². The molecule has 4 heteroatoms. The van der Waals surface area contributed by atoms with Crippen molar-refractivity contribution in [3.63, 3.8) is 0 Å². The van der Waals surface area contributed by atoms with E-state index in [1.807, 2.05) is 13.8 Å². The normalized spacial score (nSPS) is 11.9. The first-order valence-electron chi connectivity index (χ1n) is 5.87. The van der Waals surface area contributed by atoms with Crippen LogP contribution in [0, 0.1) is 5.82 Å². The van der Waals surface area contributed by atoms with E-state index in [1.54, 1.807) is 12.1 Å². The molecule has 17 heavy (non-hydrogen) atoms. The van der Waals surface area contributed by atoms with Gasteiger partial charge in [-0.2, -0.15) is 0 Å². The molecule has 0 unspecified atom stereocenters. The molecule has 1 atom stereocenters. The number of para-hydroxylation sites is 1. The van der Waals surface area contributed by atoms with E-state index in [0.29, 0.717) is 13.0 Å². The molecule has 0 saturated carbocycles. The van der Waals surface area contributed by atoms with Crippen LogP contribution < -0.4 is 10.1 Å². The molecule has 1 aromatic carbocycles. The van der Waals surface area contributed by atoms with Crippen LogP contribution in [-0.4, -0.2) is 18.6 Å². The molecule has 1 N–H and O–H groups in total. The highest BCUT2D eigenvalue weighted by molar-refractivity contribution is 5.81. The van der Waals surface area contributed by atoms with E-state index >= 15 is 0 Å². The standard InChI is InChI=1S/C13H18FNO2/c1-3-9-15-13(16)11(4-2)17-12-8-6-5-7-10(12)14/h5-8,11H,3-4,9H2,1-2H3,(H,15,16)/t11-/m0/s1. The fraction of sp³-hybridized carbons (Fsp3) is 0.462. The van der Waals surface area contributed by atoms with Gasteiger partial charge in [-0.1, -0.05) is 26.0 Å². The molecule has 0 spiro atoms. The molecule has 0 aliphatic carbocycles. The average molecular weight is 239 g/mol. The second kappa shape index (κ2) is 6.89. The fourth-order valence-electron chi connectivity index (χ4n) is 1.38. The Labute approximate surface area is 101 Å². The Morgan fingerprint density at radius 1 is 1.41 bits per heavy atom. The van der Waals surface area contributed by atoms with Gasteiger partial charge in [0.05, 0.1) is 0 Å². The molecular formula is C13H18FNO2. The smallest absolute Gasteiger partial charge is 0.261 e. The fourth-order valence-corrected chi connectivity index (χ4v) is 1.38. The summed E-state index contributed by atoms with van der Waals surface area (Å²) in [6.07, 6.45) is 0.726. The van der Waals surface area contributed by atoms with Gasteiger partial charge in [-0.15, -0.1) is 0 Å². The highest BCUT2D eigenvalue weighted by atomic mass is 19.1. The van der Waals surface area contributed by atoms with Crippen LogP contribution in [0.2, 0.25) is 0 Å². The third-order valence-electron chi connectivity index (χ3n) is 2.32. The molecule has 1 aromatic rings. The van der Waals surface area contributed by atoms with Crippen LogP contribution in [0.5, 0.6) is 5.75 Å². The van der Waals surface area contributed by atoms with Crippen LogP contribution in [0.3, 0.4) is 0 Å². The summed E-state index contributed by atoms with van der Waals surface area (Å²) in [5.41, 5.74) is 0. The summed E-state index contributed by atoms with van der Waals surface area (Å²) in [6, 6.07) is 6.09. The maximum atomic E-state index is 13.3. The number of hydrogen-bond acceptors (Lipinski definition) is 2. The molecule has 0 fully saturated rings. The minimum absolute atomic E-state index is 0.117. The quantitative estimate of drug-likeness (QED) is 0.828. The monoisotopic (exact) mass is 239 g/mol. The van der Waals surface area contributed by atoms with Gasteiger partial charge >= 0.3 is 0 Å². The lowest BCUT2D eigenvalue weighted by Gasteiger charge is -2.17. The molecule has 0 bridgehead atoms. The maximum absolute atomic E-state index is 13.3. The van der Waals surface area contributed by atoms with Gasteiger partial charge in [-0.3, -0.25) is 4.79 Å².